The van der Waals surface area contributed by atoms with Gasteiger partial charge < -0.3 is 10.0 Å². The van der Waals surface area contributed by atoms with Gasteiger partial charge in [0.2, 0.25) is 5.91 Å². The molecule has 114 valence electrons. The molecule has 0 radical (unpaired) electrons. The van der Waals surface area contributed by atoms with Crippen LogP contribution >= 0.6 is 0 Å². The van der Waals surface area contributed by atoms with E-state index >= 15 is 0 Å². The van der Waals surface area contributed by atoms with Gasteiger partial charge in [0.05, 0.1) is 5.56 Å². The van der Waals surface area contributed by atoms with Gasteiger partial charge >= 0.3 is 5.97 Å². The van der Waals surface area contributed by atoms with Gasteiger partial charge in [0.1, 0.15) is 0 Å². The van der Waals surface area contributed by atoms with Gasteiger partial charge in [-0.2, -0.15) is 0 Å². The summed E-state index contributed by atoms with van der Waals surface area (Å²) in [5.41, 5.74) is 1.28. The lowest BCUT2D eigenvalue weighted by atomic mass is 10.1. The Balaban J connectivity index is 1.78. The van der Waals surface area contributed by atoms with Crippen LogP contribution < -0.4 is 0 Å². The molecule has 0 spiro atoms. The van der Waals surface area contributed by atoms with Gasteiger partial charge in [-0.1, -0.05) is 25.0 Å². The molecule has 0 heterocycles. The summed E-state index contributed by atoms with van der Waals surface area (Å²) in [7, 11) is 1.88. The molecule has 1 aliphatic rings. The molecule has 1 saturated carbocycles. The Hall–Kier alpha value is -1.84. The number of carboxylic acids is 1. The standard InChI is InChI=1S/C17H23NO3/c1-18(12-14-4-2-3-5-14)16(19)11-8-13-6-9-15(10-7-13)17(20)21/h6-7,9-10,14H,2-5,8,11-12H2,1H3,(H,20,21). The number of amides is 1. The highest BCUT2D eigenvalue weighted by Crippen LogP contribution is 2.25. The fourth-order valence-corrected chi connectivity index (χ4v) is 2.94. The number of carbonyl (C=O) groups is 2. The summed E-state index contributed by atoms with van der Waals surface area (Å²) in [4.78, 5) is 24.7. The maximum Gasteiger partial charge on any atom is 0.335 e. The van der Waals surface area contributed by atoms with Gasteiger partial charge in [0, 0.05) is 20.0 Å². The van der Waals surface area contributed by atoms with E-state index in [1.807, 2.05) is 11.9 Å². The highest BCUT2D eigenvalue weighted by molar-refractivity contribution is 5.87. The number of hydrogen-bond donors (Lipinski definition) is 1. The first-order chi connectivity index (χ1) is 10.1. The SMILES string of the molecule is CN(CC1CCCC1)C(=O)CCc1ccc(C(=O)O)cc1. The molecular formula is C17H23NO3. The molecule has 0 aromatic heterocycles. The molecule has 1 aromatic rings. The summed E-state index contributed by atoms with van der Waals surface area (Å²) < 4.78 is 0. The van der Waals surface area contributed by atoms with Gasteiger partial charge in [-0.3, -0.25) is 4.79 Å². The lowest BCUT2D eigenvalue weighted by Crippen LogP contribution is -2.31. The van der Waals surface area contributed by atoms with E-state index in [0.717, 1.165) is 12.1 Å². The first-order valence-electron chi connectivity index (χ1n) is 7.62. The van der Waals surface area contributed by atoms with E-state index in [0.29, 0.717) is 18.8 Å². The molecule has 1 fully saturated rings. The number of carboxylic acid groups (broad SMARTS) is 1. The third kappa shape index (κ3) is 4.59. The van der Waals surface area contributed by atoms with Crippen LogP contribution in [0.5, 0.6) is 0 Å². The Morgan fingerprint density at radius 1 is 1.19 bits per heavy atom. The monoisotopic (exact) mass is 289 g/mol. The van der Waals surface area contributed by atoms with E-state index in [1.165, 1.54) is 25.7 Å². The van der Waals surface area contributed by atoms with Crippen LogP contribution in [0.1, 0.15) is 48.0 Å². The van der Waals surface area contributed by atoms with Crippen molar-refractivity contribution in [2.24, 2.45) is 5.92 Å². The number of hydrogen-bond acceptors (Lipinski definition) is 2. The number of aryl methyl sites for hydroxylation is 1. The highest BCUT2D eigenvalue weighted by Gasteiger charge is 2.19. The Kier molecular flexibility index (Phi) is 5.37. The third-order valence-corrected chi connectivity index (χ3v) is 4.26. The van der Waals surface area contributed by atoms with Crippen LogP contribution in [0, 0.1) is 5.92 Å². The van der Waals surface area contributed by atoms with Crippen LogP contribution in [-0.4, -0.2) is 35.5 Å². The molecule has 0 unspecified atom stereocenters. The van der Waals surface area contributed by atoms with Crippen molar-refractivity contribution in [3.8, 4) is 0 Å². The fourth-order valence-electron chi connectivity index (χ4n) is 2.94. The minimum absolute atomic E-state index is 0.171. The number of aromatic carboxylic acids is 1. The molecule has 0 aliphatic heterocycles. The van der Waals surface area contributed by atoms with Crippen molar-refractivity contribution in [3.05, 3.63) is 35.4 Å². The molecule has 1 N–H and O–H groups in total. The van der Waals surface area contributed by atoms with E-state index in [9.17, 15) is 9.59 Å². The lowest BCUT2D eigenvalue weighted by Gasteiger charge is -2.21. The van der Waals surface area contributed by atoms with Crippen molar-refractivity contribution in [2.45, 2.75) is 38.5 Å². The number of rotatable bonds is 6. The summed E-state index contributed by atoms with van der Waals surface area (Å²) in [5.74, 6) is -0.0769. The summed E-state index contributed by atoms with van der Waals surface area (Å²) in [6.45, 7) is 0.872. The van der Waals surface area contributed by atoms with Crippen LogP contribution in [0.15, 0.2) is 24.3 Å². The van der Waals surface area contributed by atoms with Gasteiger partial charge in [0.25, 0.3) is 0 Å². The second-order valence-corrected chi connectivity index (χ2v) is 5.93. The molecule has 2 rings (SSSR count). The van der Waals surface area contributed by atoms with Crippen LogP contribution in [0.3, 0.4) is 0 Å². The zero-order valence-corrected chi connectivity index (χ0v) is 12.5. The maximum atomic E-state index is 12.1. The fraction of sp³-hybridized carbons (Fsp3) is 0.529. The average molecular weight is 289 g/mol. The molecule has 1 aromatic carbocycles. The first kappa shape index (κ1) is 15.5. The second kappa shape index (κ2) is 7.25. The topological polar surface area (TPSA) is 57.6 Å². The van der Waals surface area contributed by atoms with E-state index in [4.69, 9.17) is 5.11 Å². The molecule has 4 heteroatoms. The van der Waals surface area contributed by atoms with Crippen molar-refractivity contribution in [1.82, 2.24) is 4.90 Å². The zero-order chi connectivity index (χ0) is 15.2. The Morgan fingerprint density at radius 3 is 2.38 bits per heavy atom. The van der Waals surface area contributed by atoms with E-state index in [-0.39, 0.29) is 11.5 Å². The molecule has 0 saturated heterocycles. The van der Waals surface area contributed by atoms with Crippen molar-refractivity contribution in [2.75, 3.05) is 13.6 Å². The first-order valence-corrected chi connectivity index (χ1v) is 7.62. The van der Waals surface area contributed by atoms with Crippen LogP contribution in [0.25, 0.3) is 0 Å². The predicted molar refractivity (Wildman–Crippen MR) is 81.3 cm³/mol. The van der Waals surface area contributed by atoms with Crippen LogP contribution in [0.4, 0.5) is 0 Å². The lowest BCUT2D eigenvalue weighted by molar-refractivity contribution is -0.130. The number of nitrogens with zero attached hydrogens (tertiary/aromatic N) is 1. The number of benzene rings is 1. The molecule has 0 atom stereocenters. The quantitative estimate of drug-likeness (QED) is 0.876. The van der Waals surface area contributed by atoms with Crippen molar-refractivity contribution in [3.63, 3.8) is 0 Å². The van der Waals surface area contributed by atoms with Crippen LogP contribution in [0.2, 0.25) is 0 Å². The Morgan fingerprint density at radius 2 is 1.81 bits per heavy atom. The predicted octanol–water partition coefficient (Wildman–Crippen LogP) is 2.97. The van der Waals surface area contributed by atoms with Crippen LogP contribution in [-0.2, 0) is 11.2 Å². The second-order valence-electron chi connectivity index (χ2n) is 5.93. The largest absolute Gasteiger partial charge is 0.478 e. The molecule has 0 bridgehead atoms. The molecule has 21 heavy (non-hydrogen) atoms. The maximum absolute atomic E-state index is 12.1. The van der Waals surface area contributed by atoms with Crippen molar-refractivity contribution in [1.29, 1.82) is 0 Å². The van der Waals surface area contributed by atoms with E-state index < -0.39 is 5.97 Å². The molecule has 1 amide bonds. The van der Waals surface area contributed by atoms with Gasteiger partial charge in [0.15, 0.2) is 0 Å². The Labute approximate surface area is 125 Å². The van der Waals surface area contributed by atoms with Crippen molar-refractivity contribution >= 4 is 11.9 Å². The van der Waals surface area contributed by atoms with E-state index in [1.54, 1.807) is 24.3 Å². The van der Waals surface area contributed by atoms with Gasteiger partial charge in [-0.15, -0.1) is 0 Å². The molecular weight excluding hydrogens is 266 g/mol. The molecule has 4 nitrogen and oxygen atoms in total. The third-order valence-electron chi connectivity index (χ3n) is 4.26. The minimum atomic E-state index is -0.922. The average Bonchev–Trinajstić information content (AvgIpc) is 2.98. The smallest absolute Gasteiger partial charge is 0.335 e. The zero-order valence-electron chi connectivity index (χ0n) is 12.5. The summed E-state index contributed by atoms with van der Waals surface area (Å²) in [6, 6.07) is 6.75. The molecule has 1 aliphatic carbocycles. The summed E-state index contributed by atoms with van der Waals surface area (Å²) in [6.07, 6.45) is 6.22. The van der Waals surface area contributed by atoms with E-state index in [2.05, 4.69) is 0 Å². The minimum Gasteiger partial charge on any atom is -0.478 e. The number of carbonyl (C=O) groups excluding carboxylic acids is 1. The Bertz CT molecular complexity index is 489. The summed E-state index contributed by atoms with van der Waals surface area (Å²) >= 11 is 0. The van der Waals surface area contributed by atoms with Gasteiger partial charge in [-0.25, -0.2) is 4.79 Å². The highest BCUT2D eigenvalue weighted by atomic mass is 16.4. The van der Waals surface area contributed by atoms with Crippen molar-refractivity contribution < 1.29 is 14.7 Å². The van der Waals surface area contributed by atoms with Gasteiger partial charge in [-0.05, 0) is 42.9 Å². The normalized spacial score (nSPS) is 15.1. The summed E-state index contributed by atoms with van der Waals surface area (Å²) in [5, 5.41) is 8.84.